The zero-order valence-electron chi connectivity index (χ0n) is 13.0. The predicted molar refractivity (Wildman–Crippen MR) is 93.0 cm³/mol. The van der Waals surface area contributed by atoms with Crippen LogP contribution in [0.1, 0.15) is 36.1 Å². The number of aromatic hydroxyl groups is 2. The highest BCUT2D eigenvalue weighted by molar-refractivity contribution is 5.69. The summed E-state index contributed by atoms with van der Waals surface area (Å²) in [6.45, 7) is 3.79. The largest absolute Gasteiger partial charge is 0.505 e. The fourth-order valence-corrected chi connectivity index (χ4v) is 2.69. The standard InChI is InChI=1S/C19H18N2O2/c1-5-11-13(7-9-15(20)17(11)22)19(3,4)14-8-10-16(21)18(23)12(14)6-2/h1-2,7-10,22-23H,20-21H2,3-4H3. The molecule has 4 nitrogen and oxygen atoms in total. The van der Waals surface area contributed by atoms with Crippen molar-refractivity contribution in [1.82, 2.24) is 0 Å². The average molecular weight is 306 g/mol. The Balaban J connectivity index is 2.80. The quantitative estimate of drug-likeness (QED) is 0.390. The average Bonchev–Trinajstić information content (AvgIpc) is 2.51. The summed E-state index contributed by atoms with van der Waals surface area (Å²) in [5, 5.41) is 20.3. The number of hydrogen-bond donors (Lipinski definition) is 4. The van der Waals surface area contributed by atoms with E-state index in [-0.39, 0.29) is 22.9 Å². The van der Waals surface area contributed by atoms with Crippen molar-refractivity contribution in [2.45, 2.75) is 19.3 Å². The molecule has 0 bridgehead atoms. The lowest BCUT2D eigenvalue weighted by Gasteiger charge is -2.29. The Kier molecular flexibility index (Phi) is 3.87. The summed E-state index contributed by atoms with van der Waals surface area (Å²) >= 11 is 0. The van der Waals surface area contributed by atoms with Crippen molar-refractivity contribution in [3.63, 3.8) is 0 Å². The Morgan fingerprint density at radius 1 is 0.826 bits per heavy atom. The van der Waals surface area contributed by atoms with Crippen LogP contribution >= 0.6 is 0 Å². The first-order valence-electron chi connectivity index (χ1n) is 6.92. The van der Waals surface area contributed by atoms with Crippen molar-refractivity contribution >= 4 is 11.4 Å². The second-order valence-corrected chi connectivity index (χ2v) is 5.77. The first-order valence-corrected chi connectivity index (χ1v) is 6.92. The van der Waals surface area contributed by atoms with Crippen LogP contribution < -0.4 is 11.5 Å². The van der Waals surface area contributed by atoms with Gasteiger partial charge in [-0.3, -0.25) is 0 Å². The number of hydrogen-bond acceptors (Lipinski definition) is 4. The first-order chi connectivity index (χ1) is 10.8. The maximum atomic E-state index is 10.1. The van der Waals surface area contributed by atoms with Gasteiger partial charge in [-0.15, -0.1) is 12.8 Å². The van der Waals surface area contributed by atoms with E-state index in [1.165, 1.54) is 0 Å². The fourth-order valence-electron chi connectivity index (χ4n) is 2.69. The SMILES string of the molecule is C#Cc1c(C(C)(C)c2ccc(N)c(O)c2C#C)ccc(N)c1O. The Labute approximate surface area is 135 Å². The molecule has 0 atom stereocenters. The van der Waals surface area contributed by atoms with Gasteiger partial charge in [0.2, 0.25) is 0 Å². The highest BCUT2D eigenvalue weighted by Crippen LogP contribution is 2.42. The number of nitrogen functional groups attached to an aromatic ring is 2. The van der Waals surface area contributed by atoms with Crippen LogP contribution in [0.5, 0.6) is 11.5 Å². The van der Waals surface area contributed by atoms with Gasteiger partial charge in [-0.05, 0) is 23.3 Å². The van der Waals surface area contributed by atoms with Crippen molar-refractivity contribution in [3.8, 4) is 36.2 Å². The third-order valence-corrected chi connectivity index (χ3v) is 4.05. The topological polar surface area (TPSA) is 92.5 Å². The molecule has 0 unspecified atom stereocenters. The molecule has 2 rings (SSSR count). The van der Waals surface area contributed by atoms with Crippen LogP contribution in [0.4, 0.5) is 11.4 Å². The van der Waals surface area contributed by atoms with Gasteiger partial charge >= 0.3 is 0 Å². The van der Waals surface area contributed by atoms with E-state index in [2.05, 4.69) is 11.8 Å². The van der Waals surface area contributed by atoms with Crippen LogP contribution in [0, 0.1) is 24.7 Å². The van der Waals surface area contributed by atoms with E-state index in [4.69, 9.17) is 24.3 Å². The Morgan fingerprint density at radius 3 is 1.48 bits per heavy atom. The number of benzene rings is 2. The van der Waals surface area contributed by atoms with Crippen LogP contribution in [-0.4, -0.2) is 10.2 Å². The molecule has 6 N–H and O–H groups in total. The third kappa shape index (κ3) is 2.41. The van der Waals surface area contributed by atoms with Crippen molar-refractivity contribution in [2.75, 3.05) is 11.5 Å². The minimum atomic E-state index is -0.681. The van der Waals surface area contributed by atoms with Crippen molar-refractivity contribution in [2.24, 2.45) is 0 Å². The van der Waals surface area contributed by atoms with Crippen LogP contribution in [0.2, 0.25) is 0 Å². The Morgan fingerprint density at radius 2 is 1.17 bits per heavy atom. The first kappa shape index (κ1) is 16.1. The van der Waals surface area contributed by atoms with E-state index in [0.29, 0.717) is 22.3 Å². The monoisotopic (exact) mass is 306 g/mol. The van der Waals surface area contributed by atoms with Gasteiger partial charge in [-0.1, -0.05) is 37.8 Å². The minimum Gasteiger partial charge on any atom is -0.505 e. The molecular formula is C19H18N2O2. The molecule has 0 aliphatic heterocycles. The molecule has 0 aliphatic rings. The lowest BCUT2D eigenvalue weighted by Crippen LogP contribution is -2.22. The highest BCUT2D eigenvalue weighted by atomic mass is 16.3. The van der Waals surface area contributed by atoms with E-state index in [1.54, 1.807) is 24.3 Å². The summed E-state index contributed by atoms with van der Waals surface area (Å²) in [6.07, 6.45) is 11.1. The summed E-state index contributed by atoms with van der Waals surface area (Å²) in [5.41, 5.74) is 13.1. The maximum Gasteiger partial charge on any atom is 0.154 e. The maximum absolute atomic E-state index is 10.1. The molecule has 2 aromatic rings. The normalized spacial score (nSPS) is 10.8. The minimum absolute atomic E-state index is 0.139. The van der Waals surface area contributed by atoms with Crippen LogP contribution in [-0.2, 0) is 5.41 Å². The molecule has 23 heavy (non-hydrogen) atoms. The molecule has 0 amide bonds. The summed E-state index contributed by atoms with van der Waals surface area (Å²) < 4.78 is 0. The summed E-state index contributed by atoms with van der Waals surface area (Å²) in [6, 6.07) is 6.66. The molecule has 0 spiro atoms. The molecule has 0 saturated carbocycles. The zero-order valence-corrected chi connectivity index (χ0v) is 13.0. The van der Waals surface area contributed by atoms with Crippen molar-refractivity contribution in [1.29, 1.82) is 0 Å². The summed E-state index contributed by atoms with van der Waals surface area (Å²) in [5.74, 6) is 4.67. The van der Waals surface area contributed by atoms with Crippen molar-refractivity contribution in [3.05, 3.63) is 46.5 Å². The smallest absolute Gasteiger partial charge is 0.154 e. The van der Waals surface area contributed by atoms with Gasteiger partial charge in [0.15, 0.2) is 11.5 Å². The zero-order chi connectivity index (χ0) is 17.4. The Hall–Kier alpha value is -3.24. The van der Waals surface area contributed by atoms with E-state index < -0.39 is 5.41 Å². The molecule has 0 aliphatic carbocycles. The van der Waals surface area contributed by atoms with Crippen LogP contribution in [0.3, 0.4) is 0 Å². The summed E-state index contributed by atoms with van der Waals surface area (Å²) in [4.78, 5) is 0. The molecule has 4 heteroatoms. The molecule has 0 aromatic heterocycles. The van der Waals surface area contributed by atoms with E-state index in [1.807, 2.05) is 13.8 Å². The molecule has 0 saturated heterocycles. The molecule has 0 radical (unpaired) electrons. The van der Waals surface area contributed by atoms with Crippen LogP contribution in [0.25, 0.3) is 0 Å². The fraction of sp³-hybridized carbons (Fsp3) is 0.158. The second-order valence-electron chi connectivity index (χ2n) is 5.77. The van der Waals surface area contributed by atoms with Crippen molar-refractivity contribution < 1.29 is 10.2 Å². The molecule has 2 aromatic carbocycles. The third-order valence-electron chi connectivity index (χ3n) is 4.05. The van der Waals surface area contributed by atoms with E-state index >= 15 is 0 Å². The van der Waals surface area contributed by atoms with Gasteiger partial charge in [0.25, 0.3) is 0 Å². The van der Waals surface area contributed by atoms with Gasteiger partial charge in [-0.25, -0.2) is 0 Å². The Bertz CT molecular complexity index is 797. The van der Waals surface area contributed by atoms with Gasteiger partial charge < -0.3 is 21.7 Å². The van der Waals surface area contributed by atoms with Gasteiger partial charge in [0.1, 0.15) is 0 Å². The molecule has 0 heterocycles. The predicted octanol–water partition coefficient (Wildman–Crippen LogP) is 2.55. The number of rotatable bonds is 2. The van der Waals surface area contributed by atoms with Crippen LogP contribution in [0.15, 0.2) is 24.3 Å². The summed E-state index contributed by atoms with van der Waals surface area (Å²) in [7, 11) is 0. The van der Waals surface area contributed by atoms with Gasteiger partial charge in [0.05, 0.1) is 22.5 Å². The molecule has 0 fully saturated rings. The highest BCUT2D eigenvalue weighted by Gasteiger charge is 2.30. The molecule has 116 valence electrons. The number of nitrogens with two attached hydrogens (primary N) is 2. The lowest BCUT2D eigenvalue weighted by atomic mass is 9.74. The van der Waals surface area contributed by atoms with E-state index in [9.17, 15) is 10.2 Å². The second kappa shape index (κ2) is 5.51. The number of terminal acetylenes is 2. The number of phenolic OH excluding ortho intramolecular Hbond substituents is 2. The van der Waals surface area contributed by atoms with Gasteiger partial charge in [0, 0.05) is 5.41 Å². The van der Waals surface area contributed by atoms with Gasteiger partial charge in [-0.2, -0.15) is 0 Å². The molecular weight excluding hydrogens is 288 g/mol. The number of phenols is 2. The lowest BCUT2D eigenvalue weighted by molar-refractivity contribution is 0.470. The van der Waals surface area contributed by atoms with E-state index in [0.717, 1.165) is 0 Å². The number of anilines is 2.